The Bertz CT molecular complexity index is 624. The van der Waals surface area contributed by atoms with Crippen molar-refractivity contribution < 1.29 is 14.3 Å². The van der Waals surface area contributed by atoms with E-state index in [2.05, 4.69) is 29.0 Å². The number of carbonyl (C=O) groups excluding carboxylic acids is 2. The lowest BCUT2D eigenvalue weighted by atomic mass is 10.1. The quantitative estimate of drug-likeness (QED) is 0.857. The van der Waals surface area contributed by atoms with E-state index < -0.39 is 0 Å². The number of ether oxygens (including phenoxy) is 1. The molecule has 1 N–H and O–H groups in total. The van der Waals surface area contributed by atoms with Crippen molar-refractivity contribution in [3.05, 3.63) is 23.9 Å². The molecule has 2 aliphatic rings. The summed E-state index contributed by atoms with van der Waals surface area (Å²) in [4.78, 5) is 32.2. The third kappa shape index (κ3) is 4.94. The number of piperidine rings is 1. The van der Waals surface area contributed by atoms with Gasteiger partial charge in [-0.25, -0.2) is 4.98 Å². The van der Waals surface area contributed by atoms with Crippen molar-refractivity contribution in [1.82, 2.24) is 15.2 Å². The van der Waals surface area contributed by atoms with Gasteiger partial charge in [0.25, 0.3) is 0 Å². The number of pyridine rings is 1. The Labute approximate surface area is 154 Å². The molecule has 2 fully saturated rings. The van der Waals surface area contributed by atoms with Crippen molar-refractivity contribution >= 4 is 17.6 Å². The summed E-state index contributed by atoms with van der Waals surface area (Å²) in [5.41, 5.74) is 0.946. The van der Waals surface area contributed by atoms with Gasteiger partial charge in [-0.2, -0.15) is 0 Å². The molecule has 2 unspecified atom stereocenters. The molecule has 0 bridgehead atoms. The van der Waals surface area contributed by atoms with E-state index in [1.165, 1.54) is 0 Å². The van der Waals surface area contributed by atoms with E-state index in [1.54, 1.807) is 11.1 Å². The molecule has 7 nitrogen and oxygen atoms in total. The van der Waals surface area contributed by atoms with Crippen LogP contribution < -0.4 is 10.2 Å². The Kier molecular flexibility index (Phi) is 6.08. The molecule has 2 aliphatic heterocycles. The molecule has 2 saturated heterocycles. The zero-order valence-corrected chi connectivity index (χ0v) is 15.6. The summed E-state index contributed by atoms with van der Waals surface area (Å²) in [5, 5.41) is 2.87. The van der Waals surface area contributed by atoms with Crippen LogP contribution in [0.2, 0.25) is 0 Å². The Morgan fingerprint density at radius 1 is 1.27 bits per heavy atom. The van der Waals surface area contributed by atoms with Gasteiger partial charge >= 0.3 is 0 Å². The summed E-state index contributed by atoms with van der Waals surface area (Å²) >= 11 is 0. The Balaban J connectivity index is 1.48. The molecule has 0 aliphatic carbocycles. The highest BCUT2D eigenvalue weighted by molar-refractivity contribution is 5.85. The molecule has 26 heavy (non-hydrogen) atoms. The number of amides is 2. The van der Waals surface area contributed by atoms with E-state index in [-0.39, 0.29) is 30.6 Å². The molecule has 7 heteroatoms. The number of likely N-dealkylation sites (tertiary alicyclic amines) is 1. The highest BCUT2D eigenvalue weighted by Gasteiger charge is 2.23. The van der Waals surface area contributed by atoms with E-state index in [0.29, 0.717) is 19.5 Å². The zero-order valence-electron chi connectivity index (χ0n) is 15.6. The number of rotatable bonds is 5. The van der Waals surface area contributed by atoms with Gasteiger partial charge in [0, 0.05) is 38.8 Å². The second-order valence-corrected chi connectivity index (χ2v) is 7.24. The van der Waals surface area contributed by atoms with Crippen molar-refractivity contribution in [3.63, 3.8) is 0 Å². The Morgan fingerprint density at radius 3 is 2.69 bits per heavy atom. The van der Waals surface area contributed by atoms with Crippen LogP contribution in [0.1, 0.15) is 38.7 Å². The van der Waals surface area contributed by atoms with Crippen LogP contribution in [0.3, 0.4) is 0 Å². The predicted octanol–water partition coefficient (Wildman–Crippen LogP) is 1.32. The molecular weight excluding hydrogens is 332 g/mol. The van der Waals surface area contributed by atoms with E-state index in [9.17, 15) is 9.59 Å². The predicted molar refractivity (Wildman–Crippen MR) is 98.7 cm³/mol. The van der Waals surface area contributed by atoms with E-state index in [1.807, 2.05) is 12.1 Å². The van der Waals surface area contributed by atoms with Gasteiger partial charge in [0.2, 0.25) is 11.8 Å². The zero-order chi connectivity index (χ0) is 18.5. The van der Waals surface area contributed by atoms with Gasteiger partial charge in [-0.1, -0.05) is 6.07 Å². The van der Waals surface area contributed by atoms with Crippen molar-refractivity contribution in [3.8, 4) is 0 Å². The lowest BCUT2D eigenvalue weighted by molar-refractivity contribution is -0.137. The average molecular weight is 360 g/mol. The van der Waals surface area contributed by atoms with Gasteiger partial charge in [0.05, 0.1) is 18.8 Å². The second-order valence-electron chi connectivity index (χ2n) is 7.24. The van der Waals surface area contributed by atoms with Gasteiger partial charge in [-0.15, -0.1) is 0 Å². The molecule has 2 amide bonds. The average Bonchev–Trinajstić information content (AvgIpc) is 2.61. The number of nitrogens with zero attached hydrogens (tertiary/aromatic N) is 3. The smallest absolute Gasteiger partial charge is 0.239 e. The fourth-order valence-corrected chi connectivity index (χ4v) is 3.53. The maximum absolute atomic E-state index is 12.1. The first-order valence-electron chi connectivity index (χ1n) is 9.41. The third-order valence-electron chi connectivity index (χ3n) is 4.80. The number of aromatic nitrogens is 1. The number of hydrogen-bond acceptors (Lipinski definition) is 5. The largest absolute Gasteiger partial charge is 0.372 e. The van der Waals surface area contributed by atoms with Gasteiger partial charge in [-0.05, 0) is 38.3 Å². The number of carbonyl (C=O) groups is 2. The first-order chi connectivity index (χ1) is 12.5. The summed E-state index contributed by atoms with van der Waals surface area (Å²) in [6.07, 6.45) is 4.64. The highest BCUT2D eigenvalue weighted by atomic mass is 16.5. The molecule has 3 heterocycles. The molecule has 2 atom stereocenters. The normalized spacial score (nSPS) is 23.8. The monoisotopic (exact) mass is 360 g/mol. The summed E-state index contributed by atoms with van der Waals surface area (Å²) < 4.78 is 5.75. The van der Waals surface area contributed by atoms with Gasteiger partial charge in [-0.3, -0.25) is 9.59 Å². The lowest BCUT2D eigenvalue weighted by Crippen LogP contribution is -2.45. The first-order valence-corrected chi connectivity index (χ1v) is 9.41. The summed E-state index contributed by atoms with van der Waals surface area (Å²) in [6.45, 7) is 7.05. The molecule has 0 aromatic carbocycles. The minimum atomic E-state index is -0.125. The number of morpholine rings is 1. The van der Waals surface area contributed by atoms with Gasteiger partial charge in [0.1, 0.15) is 5.82 Å². The van der Waals surface area contributed by atoms with Crippen LogP contribution in [-0.2, 0) is 20.9 Å². The number of hydrogen-bond donors (Lipinski definition) is 1. The summed E-state index contributed by atoms with van der Waals surface area (Å²) in [6, 6.07) is 3.97. The van der Waals surface area contributed by atoms with Crippen LogP contribution in [0.25, 0.3) is 0 Å². The summed E-state index contributed by atoms with van der Waals surface area (Å²) in [5.74, 6) is 0.882. The van der Waals surface area contributed by atoms with Crippen molar-refractivity contribution in [2.75, 3.05) is 31.1 Å². The SMILES string of the molecule is CC1CN(c2ccc(CNC(=O)CN3CCCCC3=O)cn2)CC(C)O1. The fourth-order valence-electron chi connectivity index (χ4n) is 3.53. The number of nitrogens with one attached hydrogen (secondary N) is 1. The third-order valence-corrected chi connectivity index (χ3v) is 4.80. The molecule has 0 saturated carbocycles. The molecule has 1 aromatic heterocycles. The second kappa shape index (κ2) is 8.49. The molecular formula is C19H28N4O3. The van der Waals surface area contributed by atoms with Crippen molar-refractivity contribution in [2.24, 2.45) is 0 Å². The van der Waals surface area contributed by atoms with Gasteiger partial charge < -0.3 is 19.9 Å². The molecule has 0 radical (unpaired) electrons. The molecule has 1 aromatic rings. The molecule has 142 valence electrons. The Hall–Kier alpha value is -2.15. The molecule has 0 spiro atoms. The van der Waals surface area contributed by atoms with Crippen LogP contribution in [0.5, 0.6) is 0 Å². The topological polar surface area (TPSA) is 74.8 Å². The summed E-state index contributed by atoms with van der Waals surface area (Å²) in [7, 11) is 0. The lowest BCUT2D eigenvalue weighted by Gasteiger charge is -2.36. The van der Waals surface area contributed by atoms with Crippen molar-refractivity contribution in [2.45, 2.75) is 51.9 Å². The Morgan fingerprint density at radius 2 is 2.04 bits per heavy atom. The first kappa shape index (κ1) is 18.6. The number of anilines is 1. The highest BCUT2D eigenvalue weighted by Crippen LogP contribution is 2.18. The van der Waals surface area contributed by atoms with E-state index in [4.69, 9.17) is 4.74 Å². The minimum Gasteiger partial charge on any atom is -0.372 e. The maximum atomic E-state index is 12.1. The van der Waals surface area contributed by atoms with Crippen LogP contribution in [0.4, 0.5) is 5.82 Å². The maximum Gasteiger partial charge on any atom is 0.239 e. The van der Waals surface area contributed by atoms with E-state index in [0.717, 1.165) is 37.3 Å². The fraction of sp³-hybridized carbons (Fsp3) is 0.632. The van der Waals surface area contributed by atoms with Crippen LogP contribution in [-0.4, -0.2) is 60.1 Å². The van der Waals surface area contributed by atoms with Crippen molar-refractivity contribution in [1.29, 1.82) is 0 Å². The van der Waals surface area contributed by atoms with Crippen LogP contribution in [0.15, 0.2) is 18.3 Å². The van der Waals surface area contributed by atoms with E-state index >= 15 is 0 Å². The van der Waals surface area contributed by atoms with Gasteiger partial charge in [0.15, 0.2) is 0 Å². The minimum absolute atomic E-state index is 0.0754. The van der Waals surface area contributed by atoms with Crippen LogP contribution >= 0.6 is 0 Å². The molecule has 3 rings (SSSR count). The van der Waals surface area contributed by atoms with Crippen LogP contribution in [0, 0.1) is 0 Å². The standard InChI is InChI=1S/C19H28N4O3/c1-14-11-23(12-15(2)26-14)17-7-6-16(9-20-17)10-21-18(24)13-22-8-4-3-5-19(22)25/h6-7,9,14-15H,3-5,8,10-13H2,1-2H3,(H,21,24).